The molecule has 3 N–H and O–H groups in total. The molecular weight excluding hydrogens is 120 g/mol. The van der Waals surface area contributed by atoms with Gasteiger partial charge in [0.25, 0.3) is 0 Å². The summed E-state index contributed by atoms with van der Waals surface area (Å²) in [5, 5.41) is 16.7. The summed E-state index contributed by atoms with van der Waals surface area (Å²) >= 11 is 0. The molecule has 0 aliphatic carbocycles. The molecule has 0 amide bonds. The quantitative estimate of drug-likeness (QED) is 0.315. The fraction of sp³-hybridized carbons (Fsp3) is 1.00. The lowest BCUT2D eigenvalue weighted by Crippen LogP contribution is -2.35. The van der Waals surface area contributed by atoms with Gasteiger partial charge in [-0.25, -0.2) is 5.43 Å². The number of hydrogen-bond acceptors (Lipinski definition) is 3. The standard InChI is InChI=1S/C5H13N2O2/c1-5(4-9)7-6-2-3-8/h5-6,8-9H,2-4H2,1H3. The van der Waals surface area contributed by atoms with Gasteiger partial charge in [-0.05, 0) is 6.92 Å². The molecule has 0 aliphatic heterocycles. The van der Waals surface area contributed by atoms with Crippen molar-refractivity contribution in [2.45, 2.75) is 13.0 Å². The van der Waals surface area contributed by atoms with Crippen molar-refractivity contribution in [3.05, 3.63) is 0 Å². The Kier molecular flexibility index (Phi) is 5.86. The van der Waals surface area contributed by atoms with Crippen LogP contribution in [0.25, 0.3) is 0 Å². The molecule has 0 fully saturated rings. The van der Waals surface area contributed by atoms with E-state index in [-0.39, 0.29) is 19.3 Å². The van der Waals surface area contributed by atoms with Crippen LogP contribution < -0.4 is 10.9 Å². The second-order valence-electron chi connectivity index (χ2n) is 1.79. The zero-order chi connectivity index (χ0) is 7.11. The third kappa shape index (κ3) is 5.72. The number of nitrogens with one attached hydrogen (secondary N) is 1. The monoisotopic (exact) mass is 133 g/mol. The molecule has 0 rings (SSSR count). The van der Waals surface area contributed by atoms with Gasteiger partial charge in [-0.15, -0.1) is 0 Å². The normalized spacial score (nSPS) is 13.7. The predicted molar refractivity (Wildman–Crippen MR) is 33.8 cm³/mol. The van der Waals surface area contributed by atoms with E-state index in [0.717, 1.165) is 0 Å². The van der Waals surface area contributed by atoms with E-state index in [1.807, 2.05) is 0 Å². The highest BCUT2D eigenvalue weighted by molar-refractivity contribution is 4.51. The third-order valence-corrected chi connectivity index (χ3v) is 0.800. The van der Waals surface area contributed by atoms with Crippen molar-refractivity contribution in [3.8, 4) is 0 Å². The number of rotatable bonds is 5. The molecule has 0 aromatic rings. The predicted octanol–water partition coefficient (Wildman–Crippen LogP) is -1.53. The van der Waals surface area contributed by atoms with Crippen LogP contribution in [0, 0.1) is 0 Å². The number of nitrogens with zero attached hydrogens (tertiary/aromatic N) is 1. The largest absolute Gasteiger partial charge is 0.395 e. The zero-order valence-corrected chi connectivity index (χ0v) is 5.54. The van der Waals surface area contributed by atoms with Crippen molar-refractivity contribution in [2.75, 3.05) is 19.8 Å². The molecule has 9 heavy (non-hydrogen) atoms. The minimum Gasteiger partial charge on any atom is -0.395 e. The molecule has 4 nitrogen and oxygen atoms in total. The second-order valence-corrected chi connectivity index (χ2v) is 1.79. The van der Waals surface area contributed by atoms with Crippen molar-refractivity contribution in [3.63, 3.8) is 0 Å². The summed E-state index contributed by atoms with van der Waals surface area (Å²) in [5.41, 5.74) is 6.37. The molecular formula is C5H13N2O2. The molecule has 55 valence electrons. The Bertz CT molecular complexity index is 60.9. The summed E-state index contributed by atoms with van der Waals surface area (Å²) in [6.45, 7) is 2.34. The van der Waals surface area contributed by atoms with Crippen LogP contribution in [-0.4, -0.2) is 36.0 Å². The van der Waals surface area contributed by atoms with Crippen LogP contribution in [0.15, 0.2) is 0 Å². The van der Waals surface area contributed by atoms with Crippen molar-refractivity contribution < 1.29 is 10.2 Å². The molecule has 1 radical (unpaired) electrons. The Morgan fingerprint density at radius 1 is 1.56 bits per heavy atom. The van der Waals surface area contributed by atoms with Gasteiger partial charge in [-0.1, -0.05) is 0 Å². The Hall–Kier alpha value is -0.160. The van der Waals surface area contributed by atoms with E-state index < -0.39 is 0 Å². The molecule has 0 heterocycles. The van der Waals surface area contributed by atoms with Crippen LogP contribution in [0.4, 0.5) is 0 Å². The highest BCUT2D eigenvalue weighted by Crippen LogP contribution is 1.74. The molecule has 4 heteroatoms. The smallest absolute Gasteiger partial charge is 0.0619 e. The van der Waals surface area contributed by atoms with E-state index in [0.29, 0.717) is 6.54 Å². The van der Waals surface area contributed by atoms with E-state index in [4.69, 9.17) is 10.2 Å². The maximum Gasteiger partial charge on any atom is 0.0619 e. The molecule has 1 atom stereocenters. The summed E-state index contributed by atoms with van der Waals surface area (Å²) in [4.78, 5) is 0. The van der Waals surface area contributed by atoms with Gasteiger partial charge < -0.3 is 10.2 Å². The molecule has 0 spiro atoms. The SMILES string of the molecule is CC(CO)[N]NCCO. The van der Waals surface area contributed by atoms with Crippen molar-refractivity contribution in [2.24, 2.45) is 0 Å². The van der Waals surface area contributed by atoms with Crippen molar-refractivity contribution >= 4 is 0 Å². The minimum atomic E-state index is -0.0865. The lowest BCUT2D eigenvalue weighted by molar-refractivity contribution is 0.223. The molecule has 0 aromatic carbocycles. The van der Waals surface area contributed by atoms with Crippen molar-refractivity contribution in [1.82, 2.24) is 10.9 Å². The maximum atomic E-state index is 8.44. The first-order valence-corrected chi connectivity index (χ1v) is 2.95. The van der Waals surface area contributed by atoms with Crippen molar-refractivity contribution in [1.29, 1.82) is 0 Å². The minimum absolute atomic E-state index is 0.0401. The lowest BCUT2D eigenvalue weighted by atomic mass is 10.4. The maximum absolute atomic E-state index is 8.44. The van der Waals surface area contributed by atoms with E-state index in [2.05, 4.69) is 10.9 Å². The average molecular weight is 133 g/mol. The number of aliphatic hydroxyl groups is 2. The van der Waals surface area contributed by atoms with Gasteiger partial charge in [0.05, 0.1) is 19.3 Å². The summed E-state index contributed by atoms with van der Waals surface area (Å²) in [5.74, 6) is 0. The molecule has 0 saturated carbocycles. The van der Waals surface area contributed by atoms with Gasteiger partial charge in [0.15, 0.2) is 0 Å². The Labute approximate surface area is 54.9 Å². The van der Waals surface area contributed by atoms with Crippen LogP contribution in [0.2, 0.25) is 0 Å². The molecule has 0 bridgehead atoms. The molecule has 1 unspecified atom stereocenters. The Morgan fingerprint density at radius 3 is 2.67 bits per heavy atom. The van der Waals surface area contributed by atoms with Gasteiger partial charge in [-0.2, -0.15) is 5.43 Å². The van der Waals surface area contributed by atoms with Crippen LogP contribution in [-0.2, 0) is 0 Å². The average Bonchev–Trinajstić information content (AvgIpc) is 1.89. The van der Waals surface area contributed by atoms with Crippen LogP contribution >= 0.6 is 0 Å². The third-order valence-electron chi connectivity index (χ3n) is 0.800. The van der Waals surface area contributed by atoms with E-state index in [1.165, 1.54) is 0 Å². The topological polar surface area (TPSA) is 66.6 Å². The summed E-state index contributed by atoms with van der Waals surface area (Å²) < 4.78 is 0. The van der Waals surface area contributed by atoms with Gasteiger partial charge in [0.2, 0.25) is 0 Å². The first-order valence-electron chi connectivity index (χ1n) is 2.95. The molecule has 0 saturated heterocycles. The Balaban J connectivity index is 2.88. The first-order chi connectivity index (χ1) is 4.31. The highest BCUT2D eigenvalue weighted by Gasteiger charge is 1.96. The summed E-state index contributed by atoms with van der Waals surface area (Å²) in [7, 11) is 0. The fourth-order valence-electron chi connectivity index (χ4n) is 0.311. The lowest BCUT2D eigenvalue weighted by Gasteiger charge is -2.06. The summed E-state index contributed by atoms with van der Waals surface area (Å²) in [6, 6.07) is -0.0865. The van der Waals surface area contributed by atoms with E-state index in [1.54, 1.807) is 6.92 Å². The fourth-order valence-corrected chi connectivity index (χ4v) is 0.311. The second kappa shape index (κ2) is 5.97. The van der Waals surface area contributed by atoms with E-state index in [9.17, 15) is 0 Å². The van der Waals surface area contributed by atoms with Gasteiger partial charge >= 0.3 is 0 Å². The summed E-state index contributed by atoms with van der Waals surface area (Å²) in [6.07, 6.45) is 0. The van der Waals surface area contributed by atoms with Gasteiger partial charge in [0.1, 0.15) is 0 Å². The molecule has 0 aromatic heterocycles. The molecule has 0 aliphatic rings. The van der Waals surface area contributed by atoms with Crippen LogP contribution in [0.1, 0.15) is 6.92 Å². The van der Waals surface area contributed by atoms with E-state index >= 15 is 0 Å². The Morgan fingerprint density at radius 2 is 2.22 bits per heavy atom. The zero-order valence-electron chi connectivity index (χ0n) is 5.54. The van der Waals surface area contributed by atoms with Gasteiger partial charge in [0, 0.05) is 6.54 Å². The number of hydrogen-bond donors (Lipinski definition) is 3. The van der Waals surface area contributed by atoms with Gasteiger partial charge in [-0.3, -0.25) is 0 Å². The first kappa shape index (κ1) is 8.84. The van der Waals surface area contributed by atoms with Crippen LogP contribution in [0.3, 0.4) is 0 Å². The number of aliphatic hydroxyl groups excluding tert-OH is 2. The van der Waals surface area contributed by atoms with Crippen LogP contribution in [0.5, 0.6) is 0 Å². The highest BCUT2D eigenvalue weighted by atomic mass is 16.3.